The zero-order valence-corrected chi connectivity index (χ0v) is 36.7. The van der Waals surface area contributed by atoms with Crippen molar-refractivity contribution in [3.05, 3.63) is 105 Å². The Bertz CT molecular complexity index is 2020. The molecule has 0 amide bonds. The average Bonchev–Trinajstić information content (AvgIpc) is 4.11. The van der Waals surface area contributed by atoms with E-state index in [4.69, 9.17) is 47.4 Å². The van der Waals surface area contributed by atoms with Crippen molar-refractivity contribution < 1.29 is 74.0 Å². The molecule has 328 valence electrons. The fourth-order valence-corrected chi connectivity index (χ4v) is 10.1. The van der Waals surface area contributed by atoms with E-state index in [-0.39, 0.29) is 41.9 Å². The second-order valence-corrected chi connectivity index (χ2v) is 17.2. The molecule has 8 atom stereocenters. The van der Waals surface area contributed by atoms with Gasteiger partial charge in [0.15, 0.2) is 34.7 Å². The summed E-state index contributed by atoms with van der Waals surface area (Å²) in [4.78, 5) is 36.0. The molecule has 2 aromatic carbocycles. The zero-order valence-electron chi connectivity index (χ0n) is 35.6. The van der Waals surface area contributed by atoms with Crippen molar-refractivity contribution in [2.24, 2.45) is 23.7 Å². The van der Waals surface area contributed by atoms with E-state index in [1.54, 1.807) is 32.8 Å². The summed E-state index contributed by atoms with van der Waals surface area (Å²) < 4.78 is 46.2. The van der Waals surface area contributed by atoms with Crippen molar-refractivity contribution in [3.63, 3.8) is 0 Å². The second-order valence-electron chi connectivity index (χ2n) is 17.2. The molecule has 62 heavy (non-hydrogen) atoms. The number of carbonyl (C=O) groups excluding carboxylic acids is 2. The van der Waals surface area contributed by atoms with Gasteiger partial charge in [-0.2, -0.15) is 0 Å². The van der Waals surface area contributed by atoms with Crippen LogP contribution in [0, 0.1) is 86.9 Å². The van der Waals surface area contributed by atoms with Crippen LogP contribution in [0.1, 0.15) is 71.3 Å². The van der Waals surface area contributed by atoms with Gasteiger partial charge in [0.25, 0.3) is 0 Å². The Hall–Kier alpha value is -3.32. The monoisotopic (exact) mass is 890 g/mol. The Morgan fingerprint density at radius 3 is 2.24 bits per heavy atom. The van der Waals surface area contributed by atoms with Crippen LogP contribution in [0.2, 0.25) is 0 Å². The molecule has 11 rings (SSSR count). The Kier molecular flexibility index (Phi) is 14.2. The molecule has 10 radical (unpaired) electrons. The number of ether oxygens (including phenoxy) is 7. The standard InChI is InChI=1S/C25H21O6.C24H33O6.Fe/c1-27-23-12-16(5-4-10-28-25(26)17-6-2-3-7-17)11-19-14-21(31-24(19)23)18-8-9-20-22(13-18)30-15-29-20;1-15-10-11-19-16(2)20(9-6-14-26-21(25)17-7-4-5-8-17)27-22-24(19)18(15)12-13-23(3,28-22)29-30-24;/h2-3,6-9,11-14H,4-5,10,15H2,1H3;4-5,7-8,15-16,18-20,22H,6,9-14H2,1-3H3;/q;;+2/t;15-,16-,18+,19?,20?,22-,23+,24-;/m.1./s1. The molecule has 2 bridgehead atoms. The number of carbonyl (C=O) groups is 2. The molecular formula is C49H54FeO12+2. The summed E-state index contributed by atoms with van der Waals surface area (Å²) in [6.45, 7) is 7.54. The molecule has 5 aliphatic heterocycles. The van der Waals surface area contributed by atoms with Crippen LogP contribution < -0.4 is 14.2 Å². The Morgan fingerprint density at radius 1 is 0.806 bits per heavy atom. The molecule has 0 N–H and O–H groups in total. The van der Waals surface area contributed by atoms with E-state index in [9.17, 15) is 9.59 Å². The first kappa shape index (κ1) is 45.3. The van der Waals surface area contributed by atoms with Crippen LogP contribution in [-0.2, 0) is 61.8 Å². The van der Waals surface area contributed by atoms with Gasteiger partial charge in [-0.25, -0.2) is 9.78 Å². The number of benzene rings is 2. The molecule has 3 aliphatic carbocycles. The molecule has 4 saturated heterocycles. The topological polar surface area (TPSA) is 130 Å². The van der Waals surface area contributed by atoms with Crippen molar-refractivity contribution in [2.75, 3.05) is 27.1 Å². The van der Waals surface area contributed by atoms with Crippen LogP contribution in [0.3, 0.4) is 0 Å². The van der Waals surface area contributed by atoms with Crippen molar-refractivity contribution in [1.29, 1.82) is 0 Å². The predicted octanol–water partition coefficient (Wildman–Crippen LogP) is 8.68. The molecular weight excluding hydrogens is 836 g/mol. The summed E-state index contributed by atoms with van der Waals surface area (Å²) in [5, 5.41) is 0.954. The van der Waals surface area contributed by atoms with Gasteiger partial charge in [0.05, 0.1) is 38.3 Å². The van der Waals surface area contributed by atoms with Gasteiger partial charge in [0.1, 0.15) is 5.76 Å². The number of furan rings is 1. The van der Waals surface area contributed by atoms with Gasteiger partial charge < -0.3 is 37.6 Å². The predicted molar refractivity (Wildman–Crippen MR) is 222 cm³/mol. The Balaban J connectivity index is 0.000000168. The molecule has 6 heterocycles. The van der Waals surface area contributed by atoms with Crippen LogP contribution >= 0.6 is 0 Å². The maximum absolute atomic E-state index is 12.0. The van der Waals surface area contributed by atoms with Gasteiger partial charge in [-0.05, 0) is 163 Å². The van der Waals surface area contributed by atoms with E-state index in [1.807, 2.05) is 62.9 Å². The van der Waals surface area contributed by atoms with E-state index in [2.05, 4.69) is 19.9 Å². The number of fused-ring (bicyclic) bond motifs is 4. The smallest absolute Gasteiger partial charge is 0.493 e. The van der Waals surface area contributed by atoms with E-state index in [0.717, 1.165) is 66.5 Å². The third-order valence-corrected chi connectivity index (χ3v) is 13.3. The van der Waals surface area contributed by atoms with Crippen LogP contribution in [-0.4, -0.2) is 62.8 Å². The summed E-state index contributed by atoms with van der Waals surface area (Å²) >= 11 is 0. The first-order chi connectivity index (χ1) is 29.6. The van der Waals surface area contributed by atoms with Gasteiger partial charge in [-0.1, -0.05) is 13.8 Å². The average molecular weight is 891 g/mol. The minimum Gasteiger partial charge on any atom is -0.493 e. The number of hydrogen-bond acceptors (Lipinski definition) is 12. The molecule has 8 aliphatic rings. The molecule has 13 heteroatoms. The molecule has 1 spiro atoms. The van der Waals surface area contributed by atoms with Crippen LogP contribution in [0.4, 0.5) is 0 Å². The largest absolute Gasteiger partial charge is 2.00 e. The maximum Gasteiger partial charge on any atom is 2.00 e. The third kappa shape index (κ3) is 9.14. The van der Waals surface area contributed by atoms with Gasteiger partial charge in [0, 0.05) is 23.3 Å². The van der Waals surface area contributed by atoms with Gasteiger partial charge in [-0.15, -0.1) is 0 Å². The fourth-order valence-electron chi connectivity index (χ4n) is 10.1. The minimum atomic E-state index is -0.738. The van der Waals surface area contributed by atoms with Gasteiger partial charge in [-0.3, -0.25) is 9.59 Å². The molecule has 7 fully saturated rings. The normalized spacial score (nSPS) is 31.1. The SMILES string of the molecule is COc1cc(CCCOC(=O)[C]2[CH][CH][CH][CH]2)cc2cc(-c3ccc4c(c3)OCO4)oc12.C[C@H]1C(CCCOC(=O)[C]2[CH][CH][CH][CH]2)O[C@@H]2O[C@]3(C)CC[C@H]4[C@H](C)CCC1[C@@]24OO3.[Fe+2]. The number of hydrogen-bond donors (Lipinski definition) is 0. The van der Waals surface area contributed by atoms with Gasteiger partial charge >= 0.3 is 29.0 Å². The van der Waals surface area contributed by atoms with Crippen molar-refractivity contribution >= 4 is 22.9 Å². The molecule has 3 saturated carbocycles. The summed E-state index contributed by atoms with van der Waals surface area (Å²) in [6.07, 6.45) is 21.3. The first-order valence-electron chi connectivity index (χ1n) is 21.6. The van der Waals surface area contributed by atoms with E-state index in [1.165, 1.54) is 6.42 Å². The molecule has 1 aromatic heterocycles. The minimum absolute atomic E-state index is 0. The van der Waals surface area contributed by atoms with Crippen LogP contribution in [0.5, 0.6) is 17.2 Å². The third-order valence-electron chi connectivity index (χ3n) is 13.3. The van der Waals surface area contributed by atoms with Crippen LogP contribution in [0.15, 0.2) is 40.8 Å². The van der Waals surface area contributed by atoms with Crippen molar-refractivity contribution in [1.82, 2.24) is 0 Å². The summed E-state index contributed by atoms with van der Waals surface area (Å²) in [7, 11) is 1.63. The zero-order chi connectivity index (χ0) is 42.1. The van der Waals surface area contributed by atoms with Gasteiger partial charge in [0.2, 0.25) is 12.6 Å². The van der Waals surface area contributed by atoms with E-state index >= 15 is 0 Å². The Morgan fingerprint density at radius 2 is 1.52 bits per heavy atom. The summed E-state index contributed by atoms with van der Waals surface area (Å²) in [5.74, 6) is 4.38. The van der Waals surface area contributed by atoms with Crippen LogP contribution in [0.25, 0.3) is 22.3 Å². The second kappa shape index (κ2) is 19.4. The number of rotatable bonds is 12. The van der Waals surface area contributed by atoms with Crippen molar-refractivity contribution in [3.8, 4) is 28.6 Å². The number of aryl methyl sites for hydroxylation is 1. The summed E-state index contributed by atoms with van der Waals surface area (Å²) in [5.41, 5.74) is 2.19. The fraction of sp³-hybridized carbons (Fsp3) is 0.469. The molecule has 3 aromatic rings. The van der Waals surface area contributed by atoms with E-state index < -0.39 is 17.7 Å². The first-order valence-corrected chi connectivity index (χ1v) is 21.6. The Labute approximate surface area is 376 Å². The van der Waals surface area contributed by atoms with Crippen molar-refractivity contribution in [2.45, 2.75) is 95.9 Å². The van der Waals surface area contributed by atoms with E-state index in [0.29, 0.717) is 72.2 Å². The maximum atomic E-state index is 12.0. The summed E-state index contributed by atoms with van der Waals surface area (Å²) in [6, 6.07) is 11.8. The number of methoxy groups -OCH3 is 1. The number of esters is 2. The molecule has 2 unspecified atom stereocenters. The quantitative estimate of drug-likeness (QED) is 0.0747. The molecule has 12 nitrogen and oxygen atoms in total.